The number of unbranched alkanes of at least 4 members (excludes halogenated alkanes) is 2. The van der Waals surface area contributed by atoms with Crippen molar-refractivity contribution in [2.24, 2.45) is 5.41 Å². The minimum absolute atomic E-state index is 0.0243. The average Bonchev–Trinajstić information content (AvgIpc) is 2.31. The van der Waals surface area contributed by atoms with E-state index in [4.69, 9.17) is 10.2 Å². The fraction of sp³-hybridized carbons (Fsp3) is 1.00. The molecule has 4 heteroatoms. The Kier molecular flexibility index (Phi) is 8.78. The molecule has 1 unspecified atom stereocenters. The second kappa shape index (κ2) is 8.86. The summed E-state index contributed by atoms with van der Waals surface area (Å²) < 4.78 is 0. The molecule has 0 aliphatic rings. The molecule has 0 radical (unpaired) electrons. The molecule has 0 saturated heterocycles. The van der Waals surface area contributed by atoms with E-state index in [0.717, 1.165) is 32.1 Å². The lowest BCUT2D eigenvalue weighted by atomic mass is 9.76. The Morgan fingerprint density at radius 1 is 0.882 bits per heavy atom. The van der Waals surface area contributed by atoms with Gasteiger partial charge < -0.3 is 20.4 Å². The summed E-state index contributed by atoms with van der Waals surface area (Å²) in [6.07, 6.45) is 3.41. The zero-order valence-corrected chi connectivity index (χ0v) is 11.1. The first-order valence-corrected chi connectivity index (χ1v) is 6.67. The summed E-state index contributed by atoms with van der Waals surface area (Å²) in [4.78, 5) is 0. The predicted molar refractivity (Wildman–Crippen MR) is 67.4 cm³/mol. The molecule has 0 bridgehead atoms. The molecule has 0 aliphatic carbocycles. The smallest absolute Gasteiger partial charge is 0.151 e. The molecule has 0 aromatic carbocycles. The van der Waals surface area contributed by atoms with Gasteiger partial charge in [0.1, 0.15) is 0 Å². The Morgan fingerprint density at radius 2 is 1.41 bits per heavy atom. The highest BCUT2D eigenvalue weighted by Crippen LogP contribution is 2.32. The molecule has 104 valence electrons. The molecule has 1 atom stereocenters. The molecule has 0 aromatic heterocycles. The van der Waals surface area contributed by atoms with Gasteiger partial charge in [0.15, 0.2) is 6.29 Å². The highest BCUT2D eigenvalue weighted by Gasteiger charge is 2.33. The van der Waals surface area contributed by atoms with E-state index in [0.29, 0.717) is 12.8 Å². The van der Waals surface area contributed by atoms with Crippen molar-refractivity contribution in [3.63, 3.8) is 0 Å². The Balaban J connectivity index is 3.87. The lowest BCUT2D eigenvalue weighted by Gasteiger charge is -2.34. The van der Waals surface area contributed by atoms with E-state index in [1.165, 1.54) is 0 Å². The highest BCUT2D eigenvalue weighted by molar-refractivity contribution is 4.83. The third kappa shape index (κ3) is 5.82. The quantitative estimate of drug-likeness (QED) is 0.348. The summed E-state index contributed by atoms with van der Waals surface area (Å²) in [6.45, 7) is 4.01. The molecule has 0 fully saturated rings. The molecule has 17 heavy (non-hydrogen) atoms. The van der Waals surface area contributed by atoms with E-state index in [-0.39, 0.29) is 12.0 Å². The Hall–Kier alpha value is -0.160. The van der Waals surface area contributed by atoms with E-state index >= 15 is 0 Å². The summed E-state index contributed by atoms with van der Waals surface area (Å²) in [5.41, 5.74) is -0.365. The Labute approximate surface area is 104 Å². The SMILES string of the molecule is CCC(CC)(CO)C(O)CCCCCC(O)O. The highest BCUT2D eigenvalue weighted by atomic mass is 16.5. The van der Waals surface area contributed by atoms with Crippen LogP contribution in [0, 0.1) is 5.41 Å². The van der Waals surface area contributed by atoms with Crippen LogP contribution in [-0.4, -0.2) is 39.4 Å². The van der Waals surface area contributed by atoms with Crippen LogP contribution in [0.25, 0.3) is 0 Å². The van der Waals surface area contributed by atoms with Crippen molar-refractivity contribution in [1.29, 1.82) is 0 Å². The molecule has 0 aromatic rings. The van der Waals surface area contributed by atoms with Crippen LogP contribution in [-0.2, 0) is 0 Å². The van der Waals surface area contributed by atoms with Gasteiger partial charge in [0, 0.05) is 5.41 Å². The summed E-state index contributed by atoms with van der Waals surface area (Å²) in [5.74, 6) is 0. The number of aliphatic hydroxyl groups excluding tert-OH is 3. The minimum atomic E-state index is -1.22. The number of rotatable bonds is 10. The van der Waals surface area contributed by atoms with Crippen LogP contribution in [0.5, 0.6) is 0 Å². The molecular weight excluding hydrogens is 220 g/mol. The second-order valence-corrected chi connectivity index (χ2v) is 4.86. The van der Waals surface area contributed by atoms with Crippen molar-refractivity contribution >= 4 is 0 Å². The van der Waals surface area contributed by atoms with E-state index in [1.807, 2.05) is 13.8 Å². The van der Waals surface area contributed by atoms with Gasteiger partial charge in [0.05, 0.1) is 12.7 Å². The monoisotopic (exact) mass is 248 g/mol. The maximum atomic E-state index is 10.1. The third-order valence-corrected chi connectivity index (χ3v) is 3.87. The van der Waals surface area contributed by atoms with Gasteiger partial charge in [-0.25, -0.2) is 0 Å². The normalized spacial score (nSPS) is 14.3. The lowest BCUT2D eigenvalue weighted by Crippen LogP contribution is -2.37. The van der Waals surface area contributed by atoms with Crippen LogP contribution in [0.3, 0.4) is 0 Å². The van der Waals surface area contributed by atoms with Gasteiger partial charge in [-0.05, 0) is 32.1 Å². The lowest BCUT2D eigenvalue weighted by molar-refractivity contribution is -0.0474. The number of hydrogen-bond donors (Lipinski definition) is 4. The van der Waals surface area contributed by atoms with E-state index in [9.17, 15) is 10.2 Å². The zero-order valence-electron chi connectivity index (χ0n) is 11.1. The first kappa shape index (κ1) is 16.8. The Bertz CT molecular complexity index is 170. The molecule has 0 saturated carbocycles. The maximum Gasteiger partial charge on any atom is 0.151 e. The largest absolute Gasteiger partial charge is 0.396 e. The van der Waals surface area contributed by atoms with Gasteiger partial charge in [-0.2, -0.15) is 0 Å². The van der Waals surface area contributed by atoms with Gasteiger partial charge in [0.25, 0.3) is 0 Å². The molecule has 4 N–H and O–H groups in total. The van der Waals surface area contributed by atoms with Crippen molar-refractivity contribution < 1.29 is 20.4 Å². The number of hydrogen-bond acceptors (Lipinski definition) is 4. The standard InChI is InChI=1S/C13H28O4/c1-3-13(4-2,10-14)11(15)8-6-5-7-9-12(16)17/h11-12,14-17H,3-10H2,1-2H3. The molecule has 0 spiro atoms. The summed E-state index contributed by atoms with van der Waals surface area (Å²) in [7, 11) is 0. The molecule has 0 amide bonds. The van der Waals surface area contributed by atoms with Gasteiger partial charge in [0.2, 0.25) is 0 Å². The van der Waals surface area contributed by atoms with Gasteiger partial charge >= 0.3 is 0 Å². The first-order valence-electron chi connectivity index (χ1n) is 6.67. The minimum Gasteiger partial charge on any atom is -0.396 e. The van der Waals surface area contributed by atoms with Crippen molar-refractivity contribution in [2.45, 2.75) is 71.2 Å². The van der Waals surface area contributed by atoms with Crippen LogP contribution in [0.4, 0.5) is 0 Å². The van der Waals surface area contributed by atoms with Crippen LogP contribution in [0.1, 0.15) is 58.8 Å². The van der Waals surface area contributed by atoms with Crippen molar-refractivity contribution in [3.05, 3.63) is 0 Å². The van der Waals surface area contributed by atoms with E-state index < -0.39 is 12.4 Å². The van der Waals surface area contributed by atoms with Crippen molar-refractivity contribution in [2.75, 3.05) is 6.61 Å². The molecule has 0 rings (SSSR count). The molecule has 0 heterocycles. The molecule has 0 aliphatic heterocycles. The summed E-state index contributed by atoms with van der Waals surface area (Å²) in [6, 6.07) is 0. The summed E-state index contributed by atoms with van der Waals surface area (Å²) >= 11 is 0. The molecular formula is C13H28O4. The fourth-order valence-electron chi connectivity index (χ4n) is 2.20. The van der Waals surface area contributed by atoms with Crippen molar-refractivity contribution in [3.8, 4) is 0 Å². The third-order valence-electron chi connectivity index (χ3n) is 3.87. The van der Waals surface area contributed by atoms with E-state index in [1.54, 1.807) is 0 Å². The maximum absolute atomic E-state index is 10.1. The predicted octanol–water partition coefficient (Wildman–Crippen LogP) is 1.41. The van der Waals surface area contributed by atoms with Gasteiger partial charge in [-0.1, -0.05) is 26.7 Å². The van der Waals surface area contributed by atoms with Gasteiger partial charge in [-0.3, -0.25) is 0 Å². The topological polar surface area (TPSA) is 80.9 Å². The van der Waals surface area contributed by atoms with Gasteiger partial charge in [-0.15, -0.1) is 0 Å². The molecule has 4 nitrogen and oxygen atoms in total. The fourth-order valence-corrected chi connectivity index (χ4v) is 2.20. The van der Waals surface area contributed by atoms with E-state index in [2.05, 4.69) is 0 Å². The zero-order chi connectivity index (χ0) is 13.3. The van der Waals surface area contributed by atoms with Crippen LogP contribution in [0.2, 0.25) is 0 Å². The second-order valence-electron chi connectivity index (χ2n) is 4.86. The first-order chi connectivity index (χ1) is 8.02. The van der Waals surface area contributed by atoms with Crippen LogP contribution >= 0.6 is 0 Å². The Morgan fingerprint density at radius 3 is 1.82 bits per heavy atom. The number of aliphatic hydroxyl groups is 4. The average molecular weight is 248 g/mol. The summed E-state index contributed by atoms with van der Waals surface area (Å²) in [5, 5.41) is 36.9. The van der Waals surface area contributed by atoms with Crippen LogP contribution in [0.15, 0.2) is 0 Å². The van der Waals surface area contributed by atoms with Crippen LogP contribution < -0.4 is 0 Å². The van der Waals surface area contributed by atoms with Crippen molar-refractivity contribution in [1.82, 2.24) is 0 Å².